The van der Waals surface area contributed by atoms with Gasteiger partial charge in [-0.3, -0.25) is 5.41 Å². The molecule has 6 heteroatoms. The van der Waals surface area contributed by atoms with Crippen molar-refractivity contribution in [2.75, 3.05) is 0 Å². The zero-order valence-electron chi connectivity index (χ0n) is 10.3. The highest BCUT2D eigenvalue weighted by Gasteiger charge is 2.34. The van der Waals surface area contributed by atoms with Crippen LogP contribution in [0.4, 0.5) is 13.2 Å². The molecular weight excluding hydrogens is 273 g/mol. The van der Waals surface area contributed by atoms with Crippen LogP contribution in [0.5, 0.6) is 0 Å². The van der Waals surface area contributed by atoms with Crippen molar-refractivity contribution in [2.24, 2.45) is 5.73 Å². The van der Waals surface area contributed by atoms with Crippen LogP contribution in [0.25, 0.3) is 0 Å². The van der Waals surface area contributed by atoms with E-state index < -0.39 is 17.6 Å². The maximum Gasteiger partial charge on any atom is 0.417 e. The summed E-state index contributed by atoms with van der Waals surface area (Å²) in [7, 11) is 0. The van der Waals surface area contributed by atoms with E-state index in [0.29, 0.717) is 10.1 Å². The molecule has 0 saturated heterocycles. The molecule has 1 aliphatic rings. The van der Waals surface area contributed by atoms with Gasteiger partial charge < -0.3 is 5.73 Å². The predicted octanol–water partition coefficient (Wildman–Crippen LogP) is 4.02. The third kappa shape index (κ3) is 3.43. The van der Waals surface area contributed by atoms with Gasteiger partial charge >= 0.3 is 6.18 Å². The topological polar surface area (TPSA) is 49.9 Å². The Hall–Kier alpha value is -1.17. The molecule has 19 heavy (non-hydrogen) atoms. The number of alkyl halides is 3. The van der Waals surface area contributed by atoms with E-state index in [4.69, 9.17) is 11.1 Å². The molecule has 0 amide bonds. The van der Waals surface area contributed by atoms with E-state index >= 15 is 0 Å². The van der Waals surface area contributed by atoms with E-state index in [1.54, 1.807) is 6.07 Å². The second-order valence-electron chi connectivity index (χ2n) is 4.64. The van der Waals surface area contributed by atoms with Crippen LogP contribution < -0.4 is 5.73 Å². The van der Waals surface area contributed by atoms with Gasteiger partial charge in [0.05, 0.1) is 5.56 Å². The maximum absolute atomic E-state index is 12.9. The molecule has 0 spiro atoms. The molecule has 2 rings (SSSR count). The Morgan fingerprint density at radius 2 is 1.89 bits per heavy atom. The van der Waals surface area contributed by atoms with Gasteiger partial charge in [-0.05, 0) is 31.0 Å². The van der Waals surface area contributed by atoms with Crippen molar-refractivity contribution in [3.05, 3.63) is 29.3 Å². The van der Waals surface area contributed by atoms with Crippen molar-refractivity contribution >= 4 is 17.6 Å². The number of halogens is 3. The van der Waals surface area contributed by atoms with Crippen molar-refractivity contribution < 1.29 is 13.2 Å². The van der Waals surface area contributed by atoms with Crippen LogP contribution in [-0.2, 0) is 6.18 Å². The maximum atomic E-state index is 12.9. The molecule has 0 atom stereocenters. The third-order valence-corrected chi connectivity index (χ3v) is 4.52. The molecule has 1 aromatic carbocycles. The highest BCUT2D eigenvalue weighted by Crippen LogP contribution is 2.38. The van der Waals surface area contributed by atoms with Crippen LogP contribution in [0.15, 0.2) is 23.1 Å². The Kier molecular flexibility index (Phi) is 4.08. The number of nitrogen functional groups attached to an aromatic ring is 1. The summed E-state index contributed by atoms with van der Waals surface area (Å²) in [6, 6.07) is 4.02. The minimum atomic E-state index is -4.48. The first-order valence-electron chi connectivity index (χ1n) is 6.10. The van der Waals surface area contributed by atoms with Gasteiger partial charge in [-0.1, -0.05) is 12.8 Å². The van der Waals surface area contributed by atoms with Gasteiger partial charge in [-0.2, -0.15) is 13.2 Å². The Morgan fingerprint density at radius 3 is 2.42 bits per heavy atom. The van der Waals surface area contributed by atoms with Crippen LogP contribution in [0.1, 0.15) is 36.8 Å². The van der Waals surface area contributed by atoms with E-state index in [0.717, 1.165) is 31.7 Å². The fourth-order valence-electron chi connectivity index (χ4n) is 2.26. The molecule has 0 heterocycles. The van der Waals surface area contributed by atoms with E-state index in [1.807, 2.05) is 0 Å². The standard InChI is InChI=1S/C13H15F3N2S/c14-13(15,16)11-7-9(5-6-10(11)12(17)18)19-8-3-1-2-4-8/h5-8H,1-4H2,(H3,17,18). The number of nitrogens with one attached hydrogen (secondary N) is 1. The van der Waals surface area contributed by atoms with Crippen molar-refractivity contribution in [1.82, 2.24) is 0 Å². The average molecular weight is 288 g/mol. The first-order chi connectivity index (χ1) is 8.88. The van der Waals surface area contributed by atoms with Crippen molar-refractivity contribution in [2.45, 2.75) is 42.0 Å². The zero-order valence-corrected chi connectivity index (χ0v) is 11.1. The molecule has 1 aliphatic carbocycles. The molecule has 1 fully saturated rings. The molecule has 0 bridgehead atoms. The molecule has 2 nitrogen and oxygen atoms in total. The molecule has 104 valence electrons. The Labute approximate surface area is 114 Å². The van der Waals surface area contributed by atoms with Crippen LogP contribution in [0.3, 0.4) is 0 Å². The first kappa shape index (κ1) is 14.2. The number of nitrogens with two attached hydrogens (primary N) is 1. The van der Waals surface area contributed by atoms with Gasteiger partial charge in [0.15, 0.2) is 0 Å². The summed E-state index contributed by atoms with van der Waals surface area (Å²) in [5, 5.41) is 7.63. The quantitative estimate of drug-likeness (QED) is 0.652. The van der Waals surface area contributed by atoms with Gasteiger partial charge in [0, 0.05) is 15.7 Å². The van der Waals surface area contributed by atoms with Crippen LogP contribution >= 0.6 is 11.8 Å². The van der Waals surface area contributed by atoms with Gasteiger partial charge in [0.25, 0.3) is 0 Å². The SMILES string of the molecule is N=C(N)c1ccc(SC2CCCC2)cc1C(F)(F)F. The molecule has 0 radical (unpaired) electrons. The van der Waals surface area contributed by atoms with Crippen molar-refractivity contribution in [1.29, 1.82) is 5.41 Å². The Balaban J connectivity index is 2.29. The minimum Gasteiger partial charge on any atom is -0.384 e. The second kappa shape index (κ2) is 5.45. The molecule has 0 unspecified atom stereocenters. The number of hydrogen-bond donors (Lipinski definition) is 2. The van der Waals surface area contributed by atoms with Crippen molar-refractivity contribution in [3.63, 3.8) is 0 Å². The summed E-state index contributed by atoms with van der Waals surface area (Å²) in [6.07, 6.45) is -0.0706. The van der Waals surface area contributed by atoms with Crippen LogP contribution in [-0.4, -0.2) is 11.1 Å². The fraction of sp³-hybridized carbons (Fsp3) is 0.462. The normalized spacial score (nSPS) is 16.8. The van der Waals surface area contributed by atoms with E-state index in [1.165, 1.54) is 17.8 Å². The third-order valence-electron chi connectivity index (χ3n) is 3.19. The van der Waals surface area contributed by atoms with E-state index in [-0.39, 0.29) is 5.56 Å². The lowest BCUT2D eigenvalue weighted by molar-refractivity contribution is -0.137. The Morgan fingerprint density at radius 1 is 1.26 bits per heavy atom. The summed E-state index contributed by atoms with van der Waals surface area (Å²) >= 11 is 1.49. The van der Waals surface area contributed by atoms with Gasteiger partial charge in [0.2, 0.25) is 0 Å². The molecule has 1 aromatic rings. The molecule has 0 aliphatic heterocycles. The zero-order chi connectivity index (χ0) is 14.0. The van der Waals surface area contributed by atoms with Gasteiger partial charge in [-0.25, -0.2) is 0 Å². The lowest BCUT2D eigenvalue weighted by Crippen LogP contribution is -2.18. The molecule has 1 saturated carbocycles. The molecular formula is C13H15F3N2S. The van der Waals surface area contributed by atoms with E-state index in [9.17, 15) is 13.2 Å². The van der Waals surface area contributed by atoms with Crippen LogP contribution in [0, 0.1) is 5.41 Å². The lowest BCUT2D eigenvalue weighted by Gasteiger charge is -2.15. The smallest absolute Gasteiger partial charge is 0.384 e. The summed E-state index contributed by atoms with van der Waals surface area (Å²) in [5.41, 5.74) is 4.14. The van der Waals surface area contributed by atoms with Gasteiger partial charge in [0.1, 0.15) is 5.84 Å². The van der Waals surface area contributed by atoms with Gasteiger partial charge in [-0.15, -0.1) is 11.8 Å². The number of hydrogen-bond acceptors (Lipinski definition) is 2. The molecule has 0 aromatic heterocycles. The first-order valence-corrected chi connectivity index (χ1v) is 6.98. The number of rotatable bonds is 3. The largest absolute Gasteiger partial charge is 0.417 e. The monoisotopic (exact) mass is 288 g/mol. The van der Waals surface area contributed by atoms with E-state index in [2.05, 4.69) is 0 Å². The predicted molar refractivity (Wildman–Crippen MR) is 70.6 cm³/mol. The van der Waals surface area contributed by atoms with Crippen molar-refractivity contribution in [3.8, 4) is 0 Å². The average Bonchev–Trinajstić information content (AvgIpc) is 2.80. The van der Waals surface area contributed by atoms with Crippen LogP contribution in [0.2, 0.25) is 0 Å². The highest BCUT2D eigenvalue weighted by atomic mass is 32.2. The lowest BCUT2D eigenvalue weighted by atomic mass is 10.1. The number of thioether (sulfide) groups is 1. The fourth-order valence-corrected chi connectivity index (χ4v) is 3.55. The minimum absolute atomic E-state index is 0.247. The highest BCUT2D eigenvalue weighted by molar-refractivity contribution is 8.00. The summed E-state index contributed by atoms with van der Waals surface area (Å²) in [4.78, 5) is 0.601. The summed E-state index contributed by atoms with van der Waals surface area (Å²) in [6.45, 7) is 0. The summed E-state index contributed by atoms with van der Waals surface area (Å²) < 4.78 is 38.8. The number of amidine groups is 1. The number of benzene rings is 1. The Bertz CT molecular complexity index is 479. The molecule has 3 N–H and O–H groups in total. The second-order valence-corrected chi connectivity index (χ2v) is 6.02. The summed E-state index contributed by atoms with van der Waals surface area (Å²) in [5.74, 6) is -0.551.